The molecule has 1 aromatic rings. The minimum Gasteiger partial charge on any atom is -0.371 e. The van der Waals surface area contributed by atoms with Crippen LogP contribution in [-0.2, 0) is 10.3 Å². The van der Waals surface area contributed by atoms with E-state index in [0.717, 1.165) is 18.4 Å². The molecule has 4 heteroatoms. The van der Waals surface area contributed by atoms with E-state index in [9.17, 15) is 4.39 Å². The molecule has 0 saturated heterocycles. The van der Waals surface area contributed by atoms with Crippen molar-refractivity contribution >= 4 is 12.6 Å². The van der Waals surface area contributed by atoms with Crippen LogP contribution in [0.1, 0.15) is 64.6 Å². The minimum atomic E-state index is -0.267. The van der Waals surface area contributed by atoms with Crippen molar-refractivity contribution in [3.8, 4) is 0 Å². The maximum atomic E-state index is 13.8. The quantitative estimate of drug-likeness (QED) is 0.798. The molecule has 0 heterocycles. The molecule has 1 fully saturated rings. The lowest BCUT2D eigenvalue weighted by molar-refractivity contribution is 0.0393. The van der Waals surface area contributed by atoms with Gasteiger partial charge in [0.2, 0.25) is 0 Å². The molecular formula is C17H28FNOS. The number of ether oxygens (including phenoxy) is 1. The van der Waals surface area contributed by atoms with Crippen molar-refractivity contribution in [2.24, 2.45) is 5.73 Å². The number of rotatable bonds is 4. The Morgan fingerprint density at radius 2 is 1.90 bits per heavy atom. The number of hydrogen-bond donors (Lipinski definition) is 2. The monoisotopic (exact) mass is 313 g/mol. The van der Waals surface area contributed by atoms with Gasteiger partial charge in [-0.15, -0.1) is 0 Å². The largest absolute Gasteiger partial charge is 0.371 e. The maximum Gasteiger partial charge on any atom is 0.128 e. The van der Waals surface area contributed by atoms with Gasteiger partial charge in [-0.3, -0.25) is 0 Å². The molecule has 1 aliphatic rings. The van der Waals surface area contributed by atoms with Crippen molar-refractivity contribution in [2.75, 3.05) is 6.61 Å². The number of benzene rings is 1. The first-order valence-electron chi connectivity index (χ1n) is 7.51. The van der Waals surface area contributed by atoms with Crippen molar-refractivity contribution in [1.82, 2.24) is 0 Å². The molecule has 21 heavy (non-hydrogen) atoms. The van der Waals surface area contributed by atoms with Crippen molar-refractivity contribution in [1.29, 1.82) is 0 Å². The number of nitrogens with two attached hydrogens (primary N) is 1. The summed E-state index contributed by atoms with van der Waals surface area (Å²) in [5, 5.41) is 0. The lowest BCUT2D eigenvalue weighted by Crippen LogP contribution is -2.14. The first-order valence-corrected chi connectivity index (χ1v) is 7.95. The van der Waals surface area contributed by atoms with Gasteiger partial charge in [-0.2, -0.15) is 12.6 Å². The van der Waals surface area contributed by atoms with Crippen LogP contribution in [0.5, 0.6) is 0 Å². The molecule has 0 bridgehead atoms. The van der Waals surface area contributed by atoms with Gasteiger partial charge in [-0.1, -0.05) is 32.9 Å². The summed E-state index contributed by atoms with van der Waals surface area (Å²) in [4.78, 5) is 0. The Labute approximate surface area is 133 Å². The van der Waals surface area contributed by atoms with Gasteiger partial charge in [0.25, 0.3) is 0 Å². The lowest BCUT2D eigenvalue weighted by atomic mass is 10.0. The SMILES string of the molecule is CC(C)(C)S.CCOC1(c2ccc(C(C)N)c(F)c2)CC1. The van der Waals surface area contributed by atoms with Gasteiger partial charge in [0.1, 0.15) is 5.82 Å². The van der Waals surface area contributed by atoms with Gasteiger partial charge >= 0.3 is 0 Å². The lowest BCUT2D eigenvalue weighted by Gasteiger charge is -2.17. The topological polar surface area (TPSA) is 35.2 Å². The zero-order valence-electron chi connectivity index (χ0n) is 13.7. The van der Waals surface area contributed by atoms with Gasteiger partial charge in [-0.05, 0) is 38.3 Å². The first kappa shape index (κ1) is 18.5. The fraction of sp³-hybridized carbons (Fsp3) is 0.647. The number of halogens is 1. The third-order valence-electron chi connectivity index (χ3n) is 3.14. The van der Waals surface area contributed by atoms with Crippen LogP contribution in [0.15, 0.2) is 18.2 Å². The Morgan fingerprint density at radius 1 is 1.38 bits per heavy atom. The molecule has 0 amide bonds. The molecule has 2 nitrogen and oxygen atoms in total. The van der Waals surface area contributed by atoms with E-state index in [1.165, 1.54) is 0 Å². The minimum absolute atomic E-state index is 0.194. The van der Waals surface area contributed by atoms with Crippen molar-refractivity contribution in [2.45, 2.75) is 63.9 Å². The van der Waals surface area contributed by atoms with Crippen LogP contribution in [0.4, 0.5) is 4.39 Å². The van der Waals surface area contributed by atoms with Gasteiger partial charge in [0.15, 0.2) is 0 Å². The molecule has 1 atom stereocenters. The fourth-order valence-electron chi connectivity index (χ4n) is 2.09. The highest BCUT2D eigenvalue weighted by Crippen LogP contribution is 2.49. The molecule has 2 rings (SSSR count). The average molecular weight is 313 g/mol. The Hall–Kier alpha value is -0.580. The van der Waals surface area contributed by atoms with Crippen LogP contribution in [-0.4, -0.2) is 11.4 Å². The summed E-state index contributed by atoms with van der Waals surface area (Å²) >= 11 is 4.12. The molecule has 0 aromatic heterocycles. The fourth-order valence-corrected chi connectivity index (χ4v) is 2.09. The summed E-state index contributed by atoms with van der Waals surface area (Å²) in [7, 11) is 0. The van der Waals surface area contributed by atoms with Gasteiger partial charge < -0.3 is 10.5 Å². The van der Waals surface area contributed by atoms with Crippen LogP contribution in [0, 0.1) is 5.82 Å². The van der Waals surface area contributed by atoms with Crippen LogP contribution in [0.2, 0.25) is 0 Å². The molecule has 120 valence electrons. The summed E-state index contributed by atoms with van der Waals surface area (Å²) in [6.07, 6.45) is 1.97. The maximum absolute atomic E-state index is 13.8. The Balaban J connectivity index is 0.000000383. The highest BCUT2D eigenvalue weighted by atomic mass is 32.1. The van der Waals surface area contributed by atoms with Crippen molar-refractivity contribution in [3.05, 3.63) is 35.1 Å². The van der Waals surface area contributed by atoms with E-state index < -0.39 is 0 Å². The first-order chi connectivity index (χ1) is 9.59. The van der Waals surface area contributed by atoms with Gasteiger partial charge in [-0.25, -0.2) is 4.39 Å². The smallest absolute Gasteiger partial charge is 0.128 e. The van der Waals surface area contributed by atoms with E-state index in [0.29, 0.717) is 12.2 Å². The molecule has 2 N–H and O–H groups in total. The van der Waals surface area contributed by atoms with Crippen LogP contribution in [0.3, 0.4) is 0 Å². The summed E-state index contributed by atoms with van der Waals surface area (Å²) in [6, 6.07) is 5.01. The predicted octanol–water partition coefficient (Wildman–Crippen LogP) is 4.59. The van der Waals surface area contributed by atoms with E-state index in [1.807, 2.05) is 13.0 Å². The normalized spacial score (nSPS) is 17.7. The van der Waals surface area contributed by atoms with Crippen molar-refractivity contribution < 1.29 is 9.13 Å². The standard InChI is InChI=1S/C13H18FNO.C4H10S/c1-3-16-13(6-7-13)10-4-5-11(9(2)15)12(14)8-10;1-4(2,3)5/h4-5,8-9H,3,6-7,15H2,1-2H3;5H,1-3H3. The molecule has 0 spiro atoms. The zero-order chi connectivity index (χ0) is 16.3. The second-order valence-electron chi connectivity index (χ2n) is 6.62. The molecule has 1 saturated carbocycles. The number of thiol groups is 1. The summed E-state index contributed by atoms with van der Waals surface area (Å²) in [6.45, 7) is 10.6. The van der Waals surface area contributed by atoms with E-state index >= 15 is 0 Å². The van der Waals surface area contributed by atoms with Gasteiger partial charge in [0.05, 0.1) is 5.60 Å². The second-order valence-corrected chi connectivity index (χ2v) is 7.96. The average Bonchev–Trinajstić information content (AvgIpc) is 3.07. The highest BCUT2D eigenvalue weighted by Gasteiger charge is 2.45. The molecule has 1 aromatic carbocycles. The Morgan fingerprint density at radius 3 is 2.24 bits per heavy atom. The highest BCUT2D eigenvalue weighted by molar-refractivity contribution is 7.81. The molecule has 1 aliphatic carbocycles. The Bertz CT molecular complexity index is 458. The molecule has 1 unspecified atom stereocenters. The van der Waals surface area contributed by atoms with E-state index in [4.69, 9.17) is 10.5 Å². The van der Waals surface area contributed by atoms with Gasteiger partial charge in [0, 0.05) is 23.0 Å². The number of hydrogen-bond acceptors (Lipinski definition) is 3. The van der Waals surface area contributed by atoms with E-state index in [1.54, 1.807) is 19.1 Å². The second kappa shape index (κ2) is 7.12. The zero-order valence-corrected chi connectivity index (χ0v) is 14.6. The Kier molecular flexibility index (Phi) is 6.26. The van der Waals surface area contributed by atoms with Crippen LogP contribution < -0.4 is 5.73 Å². The third-order valence-corrected chi connectivity index (χ3v) is 3.14. The van der Waals surface area contributed by atoms with Crippen LogP contribution in [0.25, 0.3) is 0 Å². The molecule has 0 aliphatic heterocycles. The summed E-state index contributed by atoms with van der Waals surface area (Å²) in [5.74, 6) is -0.224. The molecule has 0 radical (unpaired) electrons. The summed E-state index contributed by atoms with van der Waals surface area (Å²) < 4.78 is 19.6. The van der Waals surface area contributed by atoms with E-state index in [2.05, 4.69) is 33.4 Å². The van der Waals surface area contributed by atoms with E-state index in [-0.39, 0.29) is 22.2 Å². The van der Waals surface area contributed by atoms with Crippen molar-refractivity contribution in [3.63, 3.8) is 0 Å². The third kappa shape index (κ3) is 5.97. The summed E-state index contributed by atoms with van der Waals surface area (Å²) in [5.41, 5.74) is 6.97. The predicted molar refractivity (Wildman–Crippen MR) is 90.3 cm³/mol. The molecular weight excluding hydrogens is 285 g/mol. The van der Waals surface area contributed by atoms with Crippen LogP contribution >= 0.6 is 12.6 Å².